The van der Waals surface area contributed by atoms with E-state index in [0.29, 0.717) is 18.2 Å². The summed E-state index contributed by atoms with van der Waals surface area (Å²) in [5.74, 6) is 1.66. The molecule has 2 heterocycles. The van der Waals surface area contributed by atoms with Crippen LogP contribution in [0.25, 0.3) is 22.4 Å². The highest BCUT2D eigenvalue weighted by Gasteiger charge is 2.14. The maximum Gasteiger partial charge on any atom is 0.273 e. The lowest BCUT2D eigenvalue weighted by Gasteiger charge is -2.02. The van der Waals surface area contributed by atoms with Crippen molar-refractivity contribution in [3.8, 4) is 17.1 Å². The second kappa shape index (κ2) is 7.33. The van der Waals surface area contributed by atoms with Crippen LogP contribution in [-0.2, 0) is 6.54 Å². The summed E-state index contributed by atoms with van der Waals surface area (Å²) in [6.07, 6.45) is 0. The Hall–Kier alpha value is -3.61. The van der Waals surface area contributed by atoms with Crippen molar-refractivity contribution in [2.24, 2.45) is 0 Å². The Morgan fingerprint density at radius 1 is 1.19 bits per heavy atom. The summed E-state index contributed by atoms with van der Waals surface area (Å²) >= 11 is 0. The quantitative estimate of drug-likeness (QED) is 0.547. The van der Waals surface area contributed by atoms with Gasteiger partial charge in [0.2, 0.25) is 0 Å². The van der Waals surface area contributed by atoms with Gasteiger partial charge in [-0.3, -0.25) is 4.79 Å². The van der Waals surface area contributed by atoms with E-state index in [4.69, 9.17) is 9.26 Å². The van der Waals surface area contributed by atoms with Crippen molar-refractivity contribution < 1.29 is 14.1 Å². The number of nitrogens with one attached hydrogen (secondary N) is 2. The molecule has 0 aliphatic rings. The monoisotopic (exact) mass is 362 g/mol. The summed E-state index contributed by atoms with van der Waals surface area (Å²) in [6.45, 7) is 2.82. The SMILES string of the molecule is CCOc1ccc(-c2cc(C(=O)NCc3nc4ccccc4[nH]3)no2)cc1. The smallest absolute Gasteiger partial charge is 0.273 e. The molecule has 2 aromatic carbocycles. The number of amides is 1. The fourth-order valence-corrected chi connectivity index (χ4v) is 2.74. The van der Waals surface area contributed by atoms with Gasteiger partial charge in [0.1, 0.15) is 11.6 Å². The van der Waals surface area contributed by atoms with Gasteiger partial charge in [0, 0.05) is 11.6 Å². The van der Waals surface area contributed by atoms with E-state index < -0.39 is 0 Å². The lowest BCUT2D eigenvalue weighted by molar-refractivity contribution is 0.0941. The van der Waals surface area contributed by atoms with Gasteiger partial charge in [0.05, 0.1) is 24.2 Å². The molecule has 2 N–H and O–H groups in total. The molecule has 0 atom stereocenters. The molecule has 0 saturated carbocycles. The number of ether oxygens (including phenoxy) is 1. The van der Waals surface area contributed by atoms with Gasteiger partial charge in [-0.1, -0.05) is 17.3 Å². The van der Waals surface area contributed by atoms with Crippen molar-refractivity contribution >= 4 is 16.9 Å². The normalized spacial score (nSPS) is 10.9. The van der Waals surface area contributed by atoms with E-state index >= 15 is 0 Å². The van der Waals surface area contributed by atoms with Crippen molar-refractivity contribution in [2.45, 2.75) is 13.5 Å². The van der Waals surface area contributed by atoms with Crippen LogP contribution < -0.4 is 10.1 Å². The molecule has 0 aliphatic carbocycles. The van der Waals surface area contributed by atoms with Crippen LogP contribution in [0.2, 0.25) is 0 Å². The van der Waals surface area contributed by atoms with E-state index in [-0.39, 0.29) is 18.1 Å². The minimum atomic E-state index is -0.323. The van der Waals surface area contributed by atoms with Gasteiger partial charge in [-0.15, -0.1) is 0 Å². The third kappa shape index (κ3) is 3.67. The van der Waals surface area contributed by atoms with Crippen LogP contribution in [-0.4, -0.2) is 27.6 Å². The lowest BCUT2D eigenvalue weighted by Crippen LogP contribution is -2.23. The molecule has 0 spiro atoms. The molecular formula is C20H18N4O3. The standard InChI is InChI=1S/C20H18N4O3/c1-2-26-14-9-7-13(8-10-14)18-11-17(24-27-18)20(25)21-12-19-22-15-5-3-4-6-16(15)23-19/h3-11H,2,12H2,1H3,(H,21,25)(H,22,23). The molecule has 7 heteroatoms. The van der Waals surface area contributed by atoms with E-state index in [1.165, 1.54) is 0 Å². The molecule has 4 rings (SSSR count). The predicted octanol–water partition coefficient (Wildman–Crippen LogP) is 3.55. The Bertz CT molecular complexity index is 1030. The van der Waals surface area contributed by atoms with Gasteiger partial charge in [0.25, 0.3) is 5.91 Å². The van der Waals surface area contributed by atoms with E-state index in [1.54, 1.807) is 6.07 Å². The van der Waals surface area contributed by atoms with Crippen LogP contribution >= 0.6 is 0 Å². The molecule has 0 radical (unpaired) electrons. The Labute approximate surface area is 155 Å². The molecule has 7 nitrogen and oxygen atoms in total. The number of hydrogen-bond acceptors (Lipinski definition) is 5. The largest absolute Gasteiger partial charge is 0.494 e. The van der Waals surface area contributed by atoms with Crippen LogP contribution in [0.15, 0.2) is 59.1 Å². The van der Waals surface area contributed by atoms with E-state index in [2.05, 4.69) is 20.4 Å². The summed E-state index contributed by atoms with van der Waals surface area (Å²) in [5, 5.41) is 6.65. The maximum atomic E-state index is 12.3. The van der Waals surface area contributed by atoms with Gasteiger partial charge in [-0.05, 0) is 43.3 Å². The summed E-state index contributed by atoms with van der Waals surface area (Å²) in [5.41, 5.74) is 2.83. The summed E-state index contributed by atoms with van der Waals surface area (Å²) < 4.78 is 10.7. The Kier molecular flexibility index (Phi) is 4.57. The molecule has 2 aromatic heterocycles. The van der Waals surface area contributed by atoms with Crippen LogP contribution in [0.5, 0.6) is 5.75 Å². The highest BCUT2D eigenvalue weighted by atomic mass is 16.5. The van der Waals surface area contributed by atoms with E-state index in [0.717, 1.165) is 22.3 Å². The first-order chi connectivity index (χ1) is 13.2. The van der Waals surface area contributed by atoms with Gasteiger partial charge >= 0.3 is 0 Å². The third-order valence-corrected chi connectivity index (χ3v) is 4.05. The number of hydrogen-bond donors (Lipinski definition) is 2. The summed E-state index contributed by atoms with van der Waals surface area (Å²) in [7, 11) is 0. The topological polar surface area (TPSA) is 93.0 Å². The Balaban J connectivity index is 1.42. The number of para-hydroxylation sites is 2. The first-order valence-electron chi connectivity index (χ1n) is 8.64. The number of rotatable bonds is 6. The number of nitrogens with zero attached hydrogens (tertiary/aromatic N) is 2. The number of fused-ring (bicyclic) bond motifs is 1. The van der Waals surface area contributed by atoms with Crippen molar-refractivity contribution in [3.63, 3.8) is 0 Å². The van der Waals surface area contributed by atoms with Crippen LogP contribution in [0.3, 0.4) is 0 Å². The minimum Gasteiger partial charge on any atom is -0.494 e. The lowest BCUT2D eigenvalue weighted by atomic mass is 10.1. The number of carbonyl (C=O) groups is 1. The zero-order chi connectivity index (χ0) is 18.6. The third-order valence-electron chi connectivity index (χ3n) is 4.05. The van der Waals surface area contributed by atoms with Crippen molar-refractivity contribution in [2.75, 3.05) is 6.61 Å². The number of H-pyrrole nitrogens is 1. The maximum absolute atomic E-state index is 12.3. The van der Waals surface area contributed by atoms with Crippen molar-refractivity contribution in [1.82, 2.24) is 20.4 Å². The Morgan fingerprint density at radius 3 is 2.78 bits per heavy atom. The predicted molar refractivity (Wildman–Crippen MR) is 100 cm³/mol. The van der Waals surface area contributed by atoms with E-state index in [9.17, 15) is 4.79 Å². The molecule has 0 fully saturated rings. The van der Waals surface area contributed by atoms with Gasteiger partial charge in [-0.2, -0.15) is 0 Å². The van der Waals surface area contributed by atoms with Gasteiger partial charge in [0.15, 0.2) is 11.5 Å². The molecule has 0 saturated heterocycles. The van der Waals surface area contributed by atoms with Gasteiger partial charge < -0.3 is 19.6 Å². The zero-order valence-electron chi connectivity index (χ0n) is 14.7. The molecule has 1 amide bonds. The molecule has 0 aliphatic heterocycles. The van der Waals surface area contributed by atoms with Crippen molar-refractivity contribution in [1.29, 1.82) is 0 Å². The number of carbonyl (C=O) groups excluding carboxylic acids is 1. The number of benzene rings is 2. The molecule has 136 valence electrons. The molecule has 0 unspecified atom stereocenters. The zero-order valence-corrected chi connectivity index (χ0v) is 14.7. The summed E-state index contributed by atoms with van der Waals surface area (Å²) in [4.78, 5) is 19.9. The fourth-order valence-electron chi connectivity index (χ4n) is 2.74. The highest BCUT2D eigenvalue weighted by Crippen LogP contribution is 2.23. The second-order valence-electron chi connectivity index (χ2n) is 5.92. The van der Waals surface area contributed by atoms with Crippen molar-refractivity contribution in [3.05, 3.63) is 66.1 Å². The van der Waals surface area contributed by atoms with Crippen LogP contribution in [0.4, 0.5) is 0 Å². The first kappa shape index (κ1) is 16.8. The molecule has 4 aromatic rings. The van der Waals surface area contributed by atoms with Gasteiger partial charge in [-0.25, -0.2) is 4.98 Å². The average molecular weight is 362 g/mol. The molecule has 27 heavy (non-hydrogen) atoms. The highest BCUT2D eigenvalue weighted by molar-refractivity contribution is 5.93. The van der Waals surface area contributed by atoms with Crippen LogP contribution in [0.1, 0.15) is 23.2 Å². The van der Waals surface area contributed by atoms with Crippen LogP contribution in [0, 0.1) is 0 Å². The number of aromatic nitrogens is 3. The molecular weight excluding hydrogens is 344 g/mol. The summed E-state index contributed by atoms with van der Waals surface area (Å²) in [6, 6.07) is 16.7. The fraction of sp³-hybridized carbons (Fsp3) is 0.150. The second-order valence-corrected chi connectivity index (χ2v) is 5.92. The first-order valence-corrected chi connectivity index (χ1v) is 8.64. The van der Waals surface area contributed by atoms with E-state index in [1.807, 2.05) is 55.5 Å². The Morgan fingerprint density at radius 2 is 2.00 bits per heavy atom. The minimum absolute atomic E-state index is 0.218. The molecule has 0 bridgehead atoms. The average Bonchev–Trinajstić information content (AvgIpc) is 3.34. The number of imidazole rings is 1. The number of aromatic amines is 1.